The molecule has 118 valence electrons. The van der Waals surface area contributed by atoms with Gasteiger partial charge in [-0.15, -0.1) is 0 Å². The van der Waals surface area contributed by atoms with Gasteiger partial charge >= 0.3 is 0 Å². The van der Waals surface area contributed by atoms with Crippen LogP contribution in [0.2, 0.25) is 0 Å². The van der Waals surface area contributed by atoms with Crippen molar-refractivity contribution in [1.82, 2.24) is 15.0 Å². The highest BCUT2D eigenvalue weighted by molar-refractivity contribution is 6.48. The summed E-state index contributed by atoms with van der Waals surface area (Å²) in [6, 6.07) is 18.3. The maximum Gasteiger partial charge on any atom is 0.206 e. The van der Waals surface area contributed by atoms with Gasteiger partial charge in [-0.3, -0.25) is 0 Å². The SMILES string of the molecule is Cc1ccc2cc1ccc1cccc(c1)nc1[nH]c(n2)NC=C1Cl. The first-order chi connectivity index (χ1) is 11.7. The zero-order valence-corrected chi connectivity index (χ0v) is 13.8. The molecule has 0 fully saturated rings. The summed E-state index contributed by atoms with van der Waals surface area (Å²) in [5.74, 6) is 1.16. The highest BCUT2D eigenvalue weighted by atomic mass is 35.5. The second kappa shape index (κ2) is 5.98. The van der Waals surface area contributed by atoms with Crippen LogP contribution in [0.15, 0.2) is 60.8 Å². The third kappa shape index (κ3) is 2.96. The Labute approximate surface area is 144 Å². The Kier molecular flexibility index (Phi) is 3.67. The van der Waals surface area contributed by atoms with Gasteiger partial charge in [-0.25, -0.2) is 9.97 Å². The molecule has 0 amide bonds. The van der Waals surface area contributed by atoms with Crippen LogP contribution in [0.25, 0.3) is 26.8 Å². The molecule has 4 rings (SSSR count). The number of aryl methyl sites for hydroxylation is 1. The van der Waals surface area contributed by atoms with Crippen molar-refractivity contribution >= 4 is 44.4 Å². The molecule has 0 radical (unpaired) electrons. The van der Waals surface area contributed by atoms with Gasteiger partial charge in [0.2, 0.25) is 5.95 Å². The van der Waals surface area contributed by atoms with E-state index < -0.39 is 0 Å². The van der Waals surface area contributed by atoms with Crippen molar-refractivity contribution in [2.24, 2.45) is 0 Å². The predicted octanol–water partition coefficient (Wildman–Crippen LogP) is 5.07. The molecule has 1 aliphatic rings. The van der Waals surface area contributed by atoms with E-state index >= 15 is 0 Å². The van der Waals surface area contributed by atoms with E-state index in [9.17, 15) is 0 Å². The van der Waals surface area contributed by atoms with E-state index in [2.05, 4.69) is 51.5 Å². The summed E-state index contributed by atoms with van der Waals surface area (Å²) in [5, 5.41) is 5.76. The largest absolute Gasteiger partial charge is 0.331 e. The minimum atomic E-state index is 0.509. The Morgan fingerprint density at radius 3 is 2.71 bits per heavy atom. The van der Waals surface area contributed by atoms with Gasteiger partial charge in [0, 0.05) is 6.20 Å². The molecule has 4 nitrogen and oxygen atoms in total. The predicted molar refractivity (Wildman–Crippen MR) is 100 cm³/mol. The molecule has 0 unspecified atom stereocenters. The second-order valence-electron chi connectivity index (χ2n) is 5.65. The number of aromatic amines is 1. The molecule has 1 aliphatic heterocycles. The number of fused-ring (bicyclic) bond motifs is 6. The third-order valence-corrected chi connectivity index (χ3v) is 4.16. The topological polar surface area (TPSA) is 53.6 Å². The van der Waals surface area contributed by atoms with E-state index in [1.807, 2.05) is 30.3 Å². The number of benzene rings is 2. The maximum atomic E-state index is 6.24. The van der Waals surface area contributed by atoms with Gasteiger partial charge in [0.25, 0.3) is 0 Å². The molecule has 24 heavy (non-hydrogen) atoms. The Morgan fingerprint density at radius 2 is 1.79 bits per heavy atom. The molecule has 2 heterocycles. The van der Waals surface area contributed by atoms with Crippen molar-refractivity contribution in [2.75, 3.05) is 5.32 Å². The van der Waals surface area contributed by atoms with Crippen LogP contribution in [0, 0.1) is 6.92 Å². The van der Waals surface area contributed by atoms with E-state index in [1.165, 1.54) is 5.56 Å². The summed E-state index contributed by atoms with van der Waals surface area (Å²) in [6.07, 6.45) is 1.69. The first-order valence-electron chi connectivity index (χ1n) is 7.63. The minimum absolute atomic E-state index is 0.509. The lowest BCUT2D eigenvalue weighted by Crippen LogP contribution is -2.02. The van der Waals surface area contributed by atoms with Gasteiger partial charge < -0.3 is 10.3 Å². The molecule has 2 N–H and O–H groups in total. The molecule has 2 aromatic carbocycles. The fourth-order valence-corrected chi connectivity index (χ4v) is 2.71. The molecule has 3 aromatic rings. The zero-order valence-electron chi connectivity index (χ0n) is 13.0. The van der Waals surface area contributed by atoms with Crippen LogP contribution in [-0.2, 0) is 0 Å². The van der Waals surface area contributed by atoms with E-state index in [0.29, 0.717) is 16.8 Å². The number of aromatic nitrogens is 3. The second-order valence-corrected chi connectivity index (χ2v) is 6.06. The van der Waals surface area contributed by atoms with E-state index in [-0.39, 0.29) is 0 Å². The molecule has 0 aliphatic carbocycles. The molecule has 5 heteroatoms. The number of H-pyrrole nitrogens is 1. The summed E-state index contributed by atoms with van der Waals surface area (Å²) >= 11 is 6.24. The lowest BCUT2D eigenvalue weighted by atomic mass is 10.1. The Balaban J connectivity index is 2.15. The number of nitrogens with one attached hydrogen (secondary N) is 2. The van der Waals surface area contributed by atoms with Crippen LogP contribution >= 0.6 is 11.6 Å². The van der Waals surface area contributed by atoms with Gasteiger partial charge in [-0.1, -0.05) is 41.9 Å². The fourth-order valence-electron chi connectivity index (χ4n) is 2.57. The quantitative estimate of drug-likeness (QED) is 0.603. The molecule has 0 spiro atoms. The first kappa shape index (κ1) is 14.7. The van der Waals surface area contributed by atoms with Crippen molar-refractivity contribution < 1.29 is 0 Å². The normalized spacial score (nSPS) is 12.3. The van der Waals surface area contributed by atoms with Crippen molar-refractivity contribution in [3.8, 4) is 0 Å². The van der Waals surface area contributed by atoms with Crippen LogP contribution in [0.1, 0.15) is 11.4 Å². The van der Waals surface area contributed by atoms with Crippen LogP contribution in [0.3, 0.4) is 0 Å². The van der Waals surface area contributed by atoms with E-state index in [1.54, 1.807) is 6.20 Å². The smallest absolute Gasteiger partial charge is 0.206 e. The standard InChI is InChI=1S/C19H15ClN4/c1-12-5-8-16-10-14(12)7-6-13-3-2-4-15(9-13)22-18-17(20)11-21-19(23-16)24-18/h2-11H,1H3,(H2,21,22,23,24). The van der Waals surface area contributed by atoms with Crippen LogP contribution in [-0.4, -0.2) is 15.0 Å². The monoisotopic (exact) mass is 334 g/mol. The number of halogens is 1. The molecular formula is C19H15ClN4. The van der Waals surface area contributed by atoms with Crippen molar-refractivity contribution in [2.45, 2.75) is 6.92 Å². The average Bonchev–Trinajstić information content (AvgIpc) is 2.58. The van der Waals surface area contributed by atoms with E-state index in [4.69, 9.17) is 11.6 Å². The van der Waals surface area contributed by atoms with E-state index in [0.717, 1.165) is 21.8 Å². The zero-order chi connectivity index (χ0) is 16.5. The highest BCUT2D eigenvalue weighted by Gasteiger charge is 2.06. The fraction of sp³-hybridized carbons (Fsp3) is 0.0526. The number of hydrogen-bond acceptors (Lipinski definition) is 3. The van der Waals surface area contributed by atoms with Crippen LogP contribution < -0.4 is 5.32 Å². The molecule has 6 bridgehead atoms. The maximum absolute atomic E-state index is 6.24. The van der Waals surface area contributed by atoms with Gasteiger partial charge in [0.1, 0.15) is 0 Å². The van der Waals surface area contributed by atoms with Gasteiger partial charge in [-0.2, -0.15) is 0 Å². The third-order valence-electron chi connectivity index (χ3n) is 3.87. The summed E-state index contributed by atoms with van der Waals surface area (Å²) in [4.78, 5) is 12.3. The summed E-state index contributed by atoms with van der Waals surface area (Å²) in [7, 11) is 0. The molecule has 1 aromatic heterocycles. The Hall–Kier alpha value is -2.85. The number of nitrogens with zero attached hydrogens (tertiary/aromatic N) is 2. The number of hydrogen-bond donors (Lipinski definition) is 2. The van der Waals surface area contributed by atoms with Crippen molar-refractivity contribution in [1.29, 1.82) is 0 Å². The van der Waals surface area contributed by atoms with Gasteiger partial charge in [0.05, 0.1) is 16.1 Å². The number of rotatable bonds is 0. The van der Waals surface area contributed by atoms with Gasteiger partial charge in [-0.05, 0) is 47.5 Å². The van der Waals surface area contributed by atoms with Crippen molar-refractivity contribution in [3.05, 3.63) is 72.2 Å². The molecule has 0 atom stereocenters. The molecule has 0 saturated carbocycles. The summed E-state index contributed by atoms with van der Waals surface area (Å²) in [5.41, 5.74) is 2.88. The van der Waals surface area contributed by atoms with Crippen LogP contribution in [0.4, 0.5) is 5.95 Å². The average molecular weight is 335 g/mol. The lowest BCUT2D eigenvalue weighted by Gasteiger charge is -2.07. The van der Waals surface area contributed by atoms with Crippen LogP contribution in [0.5, 0.6) is 0 Å². The van der Waals surface area contributed by atoms with Gasteiger partial charge in [0.15, 0.2) is 5.82 Å². The molecular weight excluding hydrogens is 320 g/mol. The summed E-state index contributed by atoms with van der Waals surface area (Å²) < 4.78 is 0. The van der Waals surface area contributed by atoms with Crippen molar-refractivity contribution in [3.63, 3.8) is 0 Å². The number of anilines is 1. The Morgan fingerprint density at radius 1 is 0.917 bits per heavy atom. The lowest BCUT2D eigenvalue weighted by molar-refractivity contribution is 1.12. The highest BCUT2D eigenvalue weighted by Crippen LogP contribution is 2.20. The minimum Gasteiger partial charge on any atom is -0.331 e. The summed E-state index contributed by atoms with van der Waals surface area (Å²) in [6.45, 7) is 2.09. The Bertz CT molecular complexity index is 1070. The molecule has 0 saturated heterocycles. The first-order valence-corrected chi connectivity index (χ1v) is 8.01.